The van der Waals surface area contributed by atoms with Crippen LogP contribution in [0, 0.1) is 5.92 Å². The number of aromatic nitrogens is 2. The third-order valence-corrected chi connectivity index (χ3v) is 7.03. The number of hydrogen-bond donors (Lipinski definition) is 3. The predicted octanol–water partition coefficient (Wildman–Crippen LogP) is 1.99. The minimum absolute atomic E-state index is 0.0732. The molecule has 0 spiro atoms. The first-order valence-electron chi connectivity index (χ1n) is 12.8. The van der Waals surface area contributed by atoms with E-state index in [1.54, 1.807) is 33.2 Å². The van der Waals surface area contributed by atoms with E-state index in [1.807, 2.05) is 22.7 Å². The molecule has 2 aliphatic rings. The lowest BCUT2D eigenvalue weighted by Gasteiger charge is -2.36. The maximum atomic E-state index is 13.6. The molecule has 1 saturated carbocycles. The molecule has 2 fully saturated rings. The number of ether oxygens (including phenoxy) is 1. The normalized spacial score (nSPS) is 22.9. The minimum Gasteiger partial charge on any atom is -0.444 e. The summed E-state index contributed by atoms with van der Waals surface area (Å²) in [6, 6.07) is 3.95. The first-order chi connectivity index (χ1) is 17.5. The van der Waals surface area contributed by atoms with Gasteiger partial charge in [0.2, 0.25) is 11.8 Å². The Kier molecular flexibility index (Phi) is 7.70. The second-order valence-corrected chi connectivity index (χ2v) is 10.9. The van der Waals surface area contributed by atoms with Gasteiger partial charge in [0.1, 0.15) is 23.4 Å². The van der Waals surface area contributed by atoms with Crippen LogP contribution in [0.2, 0.25) is 0 Å². The molecular weight excluding hydrogens is 476 g/mol. The molecule has 3 heterocycles. The number of nitrogens with two attached hydrogens (primary N) is 1. The van der Waals surface area contributed by atoms with Gasteiger partial charge in [-0.3, -0.25) is 14.4 Å². The Balaban J connectivity index is 1.41. The highest BCUT2D eigenvalue weighted by Crippen LogP contribution is 2.30. The van der Waals surface area contributed by atoms with Crippen molar-refractivity contribution in [1.29, 1.82) is 0 Å². The van der Waals surface area contributed by atoms with Gasteiger partial charge in [0.25, 0.3) is 5.91 Å². The number of likely N-dealkylation sites (tertiary alicyclic amines) is 1. The Hall–Kier alpha value is -3.63. The molecule has 4 rings (SSSR count). The Morgan fingerprint density at radius 1 is 1.14 bits per heavy atom. The number of carbonyl (C=O) groups is 4. The van der Waals surface area contributed by atoms with Gasteiger partial charge in [-0.05, 0) is 83.4 Å². The zero-order chi connectivity index (χ0) is 26.7. The Labute approximate surface area is 216 Å². The molecule has 0 unspecified atom stereocenters. The van der Waals surface area contributed by atoms with Crippen molar-refractivity contribution in [2.24, 2.45) is 11.7 Å². The summed E-state index contributed by atoms with van der Waals surface area (Å²) in [5, 5.41) is 5.82. The quantitative estimate of drug-likeness (QED) is 0.539. The second-order valence-electron chi connectivity index (χ2n) is 10.9. The summed E-state index contributed by atoms with van der Waals surface area (Å²) in [7, 11) is 0. The van der Waals surface area contributed by atoms with E-state index < -0.39 is 29.7 Å². The molecule has 4 N–H and O–H groups in total. The van der Waals surface area contributed by atoms with Gasteiger partial charge in [0.05, 0.1) is 6.33 Å². The van der Waals surface area contributed by atoms with Gasteiger partial charge in [-0.15, -0.1) is 0 Å². The molecular formula is C26H36N6O5. The Morgan fingerprint density at radius 2 is 1.86 bits per heavy atom. The fraction of sp³-hybridized carbons (Fsp3) is 0.577. The van der Waals surface area contributed by atoms with Crippen molar-refractivity contribution in [3.05, 3.63) is 36.4 Å². The minimum atomic E-state index is -0.843. The van der Waals surface area contributed by atoms with Gasteiger partial charge in [0, 0.05) is 24.3 Å². The highest BCUT2D eigenvalue weighted by Gasteiger charge is 2.41. The van der Waals surface area contributed by atoms with E-state index in [2.05, 4.69) is 15.6 Å². The number of primary amides is 1. The van der Waals surface area contributed by atoms with Crippen molar-refractivity contribution < 1.29 is 23.9 Å². The van der Waals surface area contributed by atoms with Crippen LogP contribution >= 0.6 is 0 Å². The summed E-state index contributed by atoms with van der Waals surface area (Å²) in [5.41, 5.74) is 6.04. The van der Waals surface area contributed by atoms with Crippen molar-refractivity contribution in [3.63, 3.8) is 0 Å². The molecule has 1 aliphatic carbocycles. The topological polar surface area (TPSA) is 148 Å². The van der Waals surface area contributed by atoms with E-state index >= 15 is 0 Å². The van der Waals surface area contributed by atoms with Crippen molar-refractivity contribution >= 4 is 29.3 Å². The van der Waals surface area contributed by atoms with E-state index in [-0.39, 0.29) is 23.8 Å². The first kappa shape index (κ1) is 26.4. The lowest BCUT2D eigenvalue weighted by molar-refractivity contribution is -0.140. The molecule has 0 aromatic carbocycles. The summed E-state index contributed by atoms with van der Waals surface area (Å²) in [5.74, 6) is -1.27. The van der Waals surface area contributed by atoms with Gasteiger partial charge in [0.15, 0.2) is 0 Å². The lowest BCUT2D eigenvalue weighted by atomic mass is 9.81. The van der Waals surface area contributed by atoms with E-state index in [9.17, 15) is 19.2 Å². The van der Waals surface area contributed by atoms with Crippen LogP contribution in [0.5, 0.6) is 0 Å². The van der Waals surface area contributed by atoms with Gasteiger partial charge < -0.3 is 30.4 Å². The maximum absolute atomic E-state index is 13.6. The van der Waals surface area contributed by atoms with Crippen LogP contribution < -0.4 is 16.4 Å². The summed E-state index contributed by atoms with van der Waals surface area (Å²) >= 11 is 0. The number of nitrogens with zero attached hydrogens (tertiary/aromatic N) is 3. The summed E-state index contributed by atoms with van der Waals surface area (Å²) < 4.78 is 7.25. The molecule has 37 heavy (non-hydrogen) atoms. The molecule has 0 bridgehead atoms. The zero-order valence-electron chi connectivity index (χ0n) is 21.6. The number of alkyl carbamates (subject to hydrolysis) is 1. The Morgan fingerprint density at radius 3 is 2.54 bits per heavy atom. The van der Waals surface area contributed by atoms with Crippen LogP contribution in [0.3, 0.4) is 0 Å². The van der Waals surface area contributed by atoms with Crippen LogP contribution in [0.4, 0.5) is 4.79 Å². The predicted molar refractivity (Wildman–Crippen MR) is 135 cm³/mol. The van der Waals surface area contributed by atoms with Gasteiger partial charge in [-0.25, -0.2) is 9.78 Å². The highest BCUT2D eigenvalue weighted by atomic mass is 16.6. The zero-order valence-corrected chi connectivity index (χ0v) is 21.6. The van der Waals surface area contributed by atoms with Gasteiger partial charge in [-0.1, -0.05) is 0 Å². The summed E-state index contributed by atoms with van der Waals surface area (Å²) in [4.78, 5) is 56.6. The average molecular weight is 513 g/mol. The van der Waals surface area contributed by atoms with Crippen molar-refractivity contribution in [2.45, 2.75) is 83.0 Å². The lowest BCUT2D eigenvalue weighted by Crippen LogP contribution is -2.56. The molecule has 2 atom stereocenters. The van der Waals surface area contributed by atoms with Crippen molar-refractivity contribution in [2.75, 3.05) is 6.54 Å². The van der Waals surface area contributed by atoms with Crippen LogP contribution in [-0.4, -0.2) is 68.4 Å². The third kappa shape index (κ3) is 6.39. The van der Waals surface area contributed by atoms with Gasteiger partial charge in [-0.2, -0.15) is 0 Å². The fourth-order valence-electron chi connectivity index (χ4n) is 5.24. The molecule has 4 amide bonds. The summed E-state index contributed by atoms with van der Waals surface area (Å²) in [6.07, 6.45) is 6.49. The van der Waals surface area contributed by atoms with Crippen LogP contribution in [0.15, 0.2) is 30.7 Å². The maximum Gasteiger partial charge on any atom is 0.408 e. The van der Waals surface area contributed by atoms with Crippen molar-refractivity contribution in [1.82, 2.24) is 24.9 Å². The molecule has 200 valence electrons. The highest BCUT2D eigenvalue weighted by molar-refractivity contribution is 5.93. The molecule has 1 saturated heterocycles. The number of carbonyl (C=O) groups excluding carboxylic acids is 4. The third-order valence-electron chi connectivity index (χ3n) is 7.03. The van der Waals surface area contributed by atoms with Crippen LogP contribution in [0.25, 0.3) is 5.52 Å². The Bertz CT molecular complexity index is 1160. The molecule has 0 radical (unpaired) electrons. The molecule has 2 aromatic heterocycles. The monoisotopic (exact) mass is 512 g/mol. The van der Waals surface area contributed by atoms with E-state index in [0.717, 1.165) is 5.52 Å². The number of nitrogens with one attached hydrogen (secondary N) is 2. The fourth-order valence-corrected chi connectivity index (χ4v) is 5.24. The molecule has 11 heteroatoms. The van der Waals surface area contributed by atoms with Crippen LogP contribution in [0.1, 0.15) is 69.8 Å². The van der Waals surface area contributed by atoms with Crippen molar-refractivity contribution in [3.8, 4) is 0 Å². The SMILES string of the molecule is CC(C)(C)OC(=O)N[C@H](C(=O)N1CCC[C@H]1C(N)=O)C1CCC(NC(=O)c2cc3cccn3cn2)CC1. The van der Waals surface area contributed by atoms with E-state index in [4.69, 9.17) is 10.5 Å². The molecule has 11 nitrogen and oxygen atoms in total. The van der Waals surface area contributed by atoms with E-state index in [0.29, 0.717) is 50.8 Å². The molecule has 2 aromatic rings. The number of amides is 4. The second kappa shape index (κ2) is 10.8. The number of hydrogen-bond acceptors (Lipinski definition) is 6. The first-order valence-corrected chi connectivity index (χ1v) is 12.8. The number of fused-ring (bicyclic) bond motifs is 1. The standard InChI is InChI=1S/C26H36N6O5/c1-26(2,3)37-25(36)30-21(24(35)32-13-5-7-20(32)22(27)33)16-8-10-17(11-9-16)29-23(34)19-14-18-6-4-12-31(18)15-28-19/h4,6,12,14-17,20-21H,5,7-11,13H2,1-3H3,(H2,27,33)(H,29,34)(H,30,36)/t16?,17?,20-,21-/m0/s1. The summed E-state index contributed by atoms with van der Waals surface area (Å²) in [6.45, 7) is 5.68. The molecule has 1 aliphatic heterocycles. The van der Waals surface area contributed by atoms with Gasteiger partial charge >= 0.3 is 6.09 Å². The van der Waals surface area contributed by atoms with E-state index in [1.165, 1.54) is 4.90 Å². The van der Waals surface area contributed by atoms with Crippen LogP contribution in [-0.2, 0) is 14.3 Å². The average Bonchev–Trinajstić information content (AvgIpc) is 3.51. The number of rotatable bonds is 6. The smallest absolute Gasteiger partial charge is 0.408 e. The largest absolute Gasteiger partial charge is 0.444 e.